The molecule has 2 amide bonds. The molecular weight excluding hydrogens is 364 g/mol. The van der Waals surface area contributed by atoms with Crippen molar-refractivity contribution < 1.29 is 18.4 Å². The second-order valence-corrected chi connectivity index (χ2v) is 6.57. The molecule has 0 bridgehead atoms. The molecule has 7 heteroatoms. The SMILES string of the molecule is CC(=O)NC(CC(=O)N(CCCN)Cc1ccccc1)c1ccc(F)cc1F. The van der Waals surface area contributed by atoms with Crippen LogP contribution in [-0.2, 0) is 16.1 Å². The van der Waals surface area contributed by atoms with E-state index in [0.29, 0.717) is 26.1 Å². The maximum Gasteiger partial charge on any atom is 0.225 e. The minimum atomic E-state index is -0.887. The van der Waals surface area contributed by atoms with Crippen LogP contribution in [0.2, 0.25) is 0 Å². The first-order valence-electron chi connectivity index (χ1n) is 9.14. The fraction of sp³-hybridized carbons (Fsp3) is 0.333. The molecule has 1 atom stereocenters. The monoisotopic (exact) mass is 389 g/mol. The van der Waals surface area contributed by atoms with E-state index in [-0.39, 0.29) is 17.9 Å². The Morgan fingerprint density at radius 1 is 1.14 bits per heavy atom. The number of hydrogen-bond donors (Lipinski definition) is 2. The summed E-state index contributed by atoms with van der Waals surface area (Å²) < 4.78 is 27.5. The van der Waals surface area contributed by atoms with Crippen LogP contribution in [0.3, 0.4) is 0 Å². The van der Waals surface area contributed by atoms with Gasteiger partial charge in [-0.1, -0.05) is 36.4 Å². The van der Waals surface area contributed by atoms with Gasteiger partial charge in [-0.3, -0.25) is 9.59 Å². The minimum absolute atomic E-state index is 0.0726. The fourth-order valence-electron chi connectivity index (χ4n) is 2.95. The van der Waals surface area contributed by atoms with Gasteiger partial charge in [0.1, 0.15) is 11.6 Å². The first-order valence-corrected chi connectivity index (χ1v) is 9.14. The van der Waals surface area contributed by atoms with E-state index < -0.39 is 23.6 Å². The van der Waals surface area contributed by atoms with E-state index >= 15 is 0 Å². The average molecular weight is 389 g/mol. The Morgan fingerprint density at radius 3 is 2.46 bits per heavy atom. The van der Waals surface area contributed by atoms with Crippen LogP contribution in [-0.4, -0.2) is 29.8 Å². The van der Waals surface area contributed by atoms with Gasteiger partial charge < -0.3 is 16.0 Å². The van der Waals surface area contributed by atoms with Crippen molar-refractivity contribution in [1.82, 2.24) is 10.2 Å². The lowest BCUT2D eigenvalue weighted by Gasteiger charge is -2.26. The molecule has 5 nitrogen and oxygen atoms in total. The van der Waals surface area contributed by atoms with Gasteiger partial charge in [-0.15, -0.1) is 0 Å². The van der Waals surface area contributed by atoms with Crippen molar-refractivity contribution in [3.8, 4) is 0 Å². The molecule has 1 unspecified atom stereocenters. The molecule has 0 aliphatic rings. The van der Waals surface area contributed by atoms with E-state index in [9.17, 15) is 18.4 Å². The van der Waals surface area contributed by atoms with Gasteiger partial charge in [-0.2, -0.15) is 0 Å². The molecule has 0 saturated carbocycles. The molecule has 0 aliphatic carbocycles. The van der Waals surface area contributed by atoms with Crippen LogP contribution in [0.5, 0.6) is 0 Å². The zero-order valence-corrected chi connectivity index (χ0v) is 15.8. The predicted octanol–water partition coefficient (Wildman–Crippen LogP) is 2.91. The highest BCUT2D eigenvalue weighted by atomic mass is 19.1. The molecule has 2 aromatic carbocycles. The Bertz CT molecular complexity index is 799. The van der Waals surface area contributed by atoms with Crippen molar-refractivity contribution in [2.75, 3.05) is 13.1 Å². The lowest BCUT2D eigenvalue weighted by molar-refractivity contribution is -0.132. The molecule has 0 radical (unpaired) electrons. The number of nitrogens with zero attached hydrogens (tertiary/aromatic N) is 1. The summed E-state index contributed by atoms with van der Waals surface area (Å²) in [7, 11) is 0. The van der Waals surface area contributed by atoms with Crippen molar-refractivity contribution in [3.05, 3.63) is 71.3 Å². The van der Waals surface area contributed by atoms with E-state index in [1.165, 1.54) is 13.0 Å². The summed E-state index contributed by atoms with van der Waals surface area (Å²) in [4.78, 5) is 26.1. The maximum absolute atomic E-state index is 14.2. The smallest absolute Gasteiger partial charge is 0.225 e. The van der Waals surface area contributed by atoms with E-state index in [4.69, 9.17) is 5.73 Å². The Balaban J connectivity index is 2.20. The van der Waals surface area contributed by atoms with E-state index in [1.54, 1.807) is 4.90 Å². The number of halogens is 2. The quantitative estimate of drug-likeness (QED) is 0.692. The number of rotatable bonds is 9. The minimum Gasteiger partial charge on any atom is -0.349 e. The van der Waals surface area contributed by atoms with Crippen LogP contribution in [0.4, 0.5) is 8.78 Å². The molecule has 0 saturated heterocycles. The molecule has 28 heavy (non-hydrogen) atoms. The Morgan fingerprint density at radius 2 is 1.86 bits per heavy atom. The van der Waals surface area contributed by atoms with Crippen LogP contribution in [0.1, 0.15) is 36.9 Å². The van der Waals surface area contributed by atoms with Crippen molar-refractivity contribution >= 4 is 11.8 Å². The van der Waals surface area contributed by atoms with Crippen molar-refractivity contribution in [1.29, 1.82) is 0 Å². The number of nitrogens with two attached hydrogens (primary N) is 1. The normalized spacial score (nSPS) is 11.7. The average Bonchev–Trinajstić information content (AvgIpc) is 2.65. The van der Waals surface area contributed by atoms with Gasteiger partial charge >= 0.3 is 0 Å². The molecule has 2 aromatic rings. The highest BCUT2D eigenvalue weighted by Gasteiger charge is 2.24. The molecule has 3 N–H and O–H groups in total. The van der Waals surface area contributed by atoms with Gasteiger partial charge in [0.25, 0.3) is 0 Å². The van der Waals surface area contributed by atoms with E-state index in [1.807, 2.05) is 30.3 Å². The summed E-state index contributed by atoms with van der Waals surface area (Å²) >= 11 is 0. The first kappa shape index (κ1) is 21.5. The van der Waals surface area contributed by atoms with E-state index in [0.717, 1.165) is 17.7 Å². The maximum atomic E-state index is 14.2. The molecule has 0 fully saturated rings. The second kappa shape index (κ2) is 10.5. The van der Waals surface area contributed by atoms with Gasteiger partial charge in [0.2, 0.25) is 11.8 Å². The fourth-order valence-corrected chi connectivity index (χ4v) is 2.95. The zero-order chi connectivity index (χ0) is 20.5. The van der Waals surface area contributed by atoms with Gasteiger partial charge in [-0.25, -0.2) is 8.78 Å². The number of carbonyl (C=O) groups is 2. The standard InChI is InChI=1S/C21H25F2N3O2/c1-15(27)25-20(18-9-8-17(22)12-19(18)23)13-21(28)26(11-5-10-24)14-16-6-3-2-4-7-16/h2-4,6-9,12,20H,5,10-11,13-14,24H2,1H3,(H,25,27). The lowest BCUT2D eigenvalue weighted by Crippen LogP contribution is -2.37. The first-order chi connectivity index (χ1) is 13.4. The topological polar surface area (TPSA) is 75.4 Å². The Kier molecular flexibility index (Phi) is 8.07. The molecule has 0 heterocycles. The highest BCUT2D eigenvalue weighted by molar-refractivity contribution is 5.79. The van der Waals surface area contributed by atoms with Gasteiger partial charge in [0.05, 0.1) is 12.5 Å². The molecule has 150 valence electrons. The summed E-state index contributed by atoms with van der Waals surface area (Å²) in [6, 6.07) is 11.7. The van der Waals surface area contributed by atoms with E-state index in [2.05, 4.69) is 5.32 Å². The third kappa shape index (κ3) is 6.42. The molecule has 0 spiro atoms. The predicted molar refractivity (Wildman–Crippen MR) is 103 cm³/mol. The van der Waals surface area contributed by atoms with Gasteiger partial charge in [-0.05, 0) is 24.6 Å². The summed E-state index contributed by atoms with van der Waals surface area (Å²) in [6.45, 7) is 2.55. The summed E-state index contributed by atoms with van der Waals surface area (Å²) in [5, 5.41) is 2.59. The summed E-state index contributed by atoms with van der Waals surface area (Å²) in [5.74, 6) is -2.18. The summed E-state index contributed by atoms with van der Waals surface area (Å²) in [6.07, 6.45) is 0.480. The zero-order valence-electron chi connectivity index (χ0n) is 15.8. The molecule has 0 aliphatic heterocycles. The van der Waals surface area contributed by atoms with Crippen LogP contribution in [0.15, 0.2) is 48.5 Å². The number of amides is 2. The highest BCUT2D eigenvalue weighted by Crippen LogP contribution is 2.23. The number of hydrogen-bond acceptors (Lipinski definition) is 3. The third-order valence-corrected chi connectivity index (χ3v) is 4.30. The van der Waals surface area contributed by atoms with Crippen LogP contribution >= 0.6 is 0 Å². The molecular formula is C21H25F2N3O2. The Labute approximate surface area is 163 Å². The summed E-state index contributed by atoms with van der Waals surface area (Å²) in [5.41, 5.74) is 6.61. The van der Waals surface area contributed by atoms with Crippen LogP contribution in [0, 0.1) is 11.6 Å². The lowest BCUT2D eigenvalue weighted by atomic mass is 10.0. The van der Waals surface area contributed by atoms with Gasteiger partial charge in [0, 0.05) is 31.6 Å². The Hall–Kier alpha value is -2.80. The molecule has 0 aromatic heterocycles. The van der Waals surface area contributed by atoms with Crippen molar-refractivity contribution in [3.63, 3.8) is 0 Å². The second-order valence-electron chi connectivity index (χ2n) is 6.57. The number of benzene rings is 2. The largest absolute Gasteiger partial charge is 0.349 e. The van der Waals surface area contributed by atoms with Crippen LogP contribution in [0.25, 0.3) is 0 Å². The number of carbonyl (C=O) groups excluding carboxylic acids is 2. The third-order valence-electron chi connectivity index (χ3n) is 4.30. The van der Waals surface area contributed by atoms with Gasteiger partial charge in [0.15, 0.2) is 0 Å². The van der Waals surface area contributed by atoms with Crippen molar-refractivity contribution in [2.24, 2.45) is 5.73 Å². The van der Waals surface area contributed by atoms with Crippen molar-refractivity contribution in [2.45, 2.75) is 32.4 Å². The molecule has 2 rings (SSSR count). The van der Waals surface area contributed by atoms with Crippen LogP contribution < -0.4 is 11.1 Å². The number of nitrogens with one attached hydrogen (secondary N) is 1.